The quantitative estimate of drug-likeness (QED) is 0.594. The number of aromatic nitrogens is 2. The van der Waals surface area contributed by atoms with E-state index in [0.717, 1.165) is 26.8 Å². The Morgan fingerprint density at radius 1 is 1.26 bits per heavy atom. The smallest absolute Gasteiger partial charge is 0.206 e. The first-order chi connectivity index (χ1) is 9.28. The number of anilines is 1. The normalized spacial score (nSPS) is 10.6. The first-order valence-electron chi connectivity index (χ1n) is 6.22. The molecule has 0 saturated heterocycles. The van der Waals surface area contributed by atoms with E-state index < -0.39 is 0 Å². The van der Waals surface area contributed by atoms with Gasteiger partial charge in [-0.05, 0) is 24.1 Å². The second kappa shape index (κ2) is 7.72. The zero-order chi connectivity index (χ0) is 13.5. The van der Waals surface area contributed by atoms with Crippen molar-refractivity contribution in [2.24, 2.45) is 0 Å². The number of unbranched alkanes of at least 4 members (excludes halogenated alkanes) is 1. The van der Waals surface area contributed by atoms with Crippen LogP contribution in [0, 0.1) is 0 Å². The third-order valence-electron chi connectivity index (χ3n) is 2.49. The lowest BCUT2D eigenvalue weighted by atomic mass is 10.2. The standard InChI is InChI=1S/C13H16ClN3S2/c1-2-3-8-18-13-17-16-12(19-13)15-9-10-4-6-11(14)7-5-10/h4-7H,2-3,8-9H2,1H3,(H,15,16). The third kappa shape index (κ3) is 5.01. The van der Waals surface area contributed by atoms with Crippen molar-refractivity contribution < 1.29 is 0 Å². The maximum Gasteiger partial charge on any atom is 0.206 e. The molecule has 0 unspecified atom stereocenters. The van der Waals surface area contributed by atoms with Crippen molar-refractivity contribution in [3.05, 3.63) is 34.9 Å². The first kappa shape index (κ1) is 14.6. The number of benzene rings is 1. The van der Waals surface area contributed by atoms with Crippen LogP contribution in [0.3, 0.4) is 0 Å². The zero-order valence-corrected chi connectivity index (χ0v) is 13.1. The highest BCUT2D eigenvalue weighted by atomic mass is 35.5. The highest BCUT2D eigenvalue weighted by Crippen LogP contribution is 2.26. The highest BCUT2D eigenvalue weighted by molar-refractivity contribution is 8.01. The fourth-order valence-corrected chi connectivity index (χ4v) is 3.45. The number of nitrogens with one attached hydrogen (secondary N) is 1. The molecular weight excluding hydrogens is 298 g/mol. The van der Waals surface area contributed by atoms with E-state index in [2.05, 4.69) is 22.4 Å². The fraction of sp³-hybridized carbons (Fsp3) is 0.385. The second-order valence-electron chi connectivity index (χ2n) is 4.06. The average molecular weight is 314 g/mol. The molecular formula is C13H16ClN3S2. The molecule has 1 heterocycles. The van der Waals surface area contributed by atoms with Crippen molar-refractivity contribution in [1.82, 2.24) is 10.2 Å². The van der Waals surface area contributed by atoms with Crippen molar-refractivity contribution in [2.45, 2.75) is 30.6 Å². The van der Waals surface area contributed by atoms with Gasteiger partial charge in [-0.3, -0.25) is 0 Å². The van der Waals surface area contributed by atoms with Crippen molar-refractivity contribution in [3.8, 4) is 0 Å². The van der Waals surface area contributed by atoms with Crippen LogP contribution in [0.15, 0.2) is 28.6 Å². The lowest BCUT2D eigenvalue weighted by Crippen LogP contribution is -1.98. The molecule has 0 spiro atoms. The molecule has 0 bridgehead atoms. The van der Waals surface area contributed by atoms with Crippen LogP contribution in [0.2, 0.25) is 5.02 Å². The molecule has 1 aromatic carbocycles. The summed E-state index contributed by atoms with van der Waals surface area (Å²) < 4.78 is 1.03. The molecule has 102 valence electrons. The van der Waals surface area contributed by atoms with Crippen LogP contribution in [0.4, 0.5) is 5.13 Å². The summed E-state index contributed by atoms with van der Waals surface area (Å²) in [5.41, 5.74) is 1.18. The van der Waals surface area contributed by atoms with Crippen LogP contribution < -0.4 is 5.32 Å². The Kier molecular flexibility index (Phi) is 5.94. The monoisotopic (exact) mass is 313 g/mol. The van der Waals surface area contributed by atoms with Gasteiger partial charge in [-0.1, -0.05) is 60.2 Å². The van der Waals surface area contributed by atoms with E-state index in [1.807, 2.05) is 24.3 Å². The molecule has 1 aromatic heterocycles. The van der Waals surface area contributed by atoms with Gasteiger partial charge in [-0.15, -0.1) is 10.2 Å². The molecule has 19 heavy (non-hydrogen) atoms. The molecule has 2 aromatic rings. The minimum Gasteiger partial charge on any atom is -0.356 e. The molecule has 0 saturated carbocycles. The van der Waals surface area contributed by atoms with E-state index in [1.165, 1.54) is 18.4 Å². The van der Waals surface area contributed by atoms with Gasteiger partial charge in [-0.2, -0.15) is 0 Å². The Bertz CT molecular complexity index is 499. The topological polar surface area (TPSA) is 37.8 Å². The SMILES string of the molecule is CCCCSc1nnc(NCc2ccc(Cl)cc2)s1. The van der Waals surface area contributed by atoms with Gasteiger partial charge in [-0.25, -0.2) is 0 Å². The number of thioether (sulfide) groups is 1. The summed E-state index contributed by atoms with van der Waals surface area (Å²) in [6, 6.07) is 7.80. The van der Waals surface area contributed by atoms with Gasteiger partial charge in [0, 0.05) is 17.3 Å². The van der Waals surface area contributed by atoms with E-state index >= 15 is 0 Å². The van der Waals surface area contributed by atoms with Gasteiger partial charge in [0.2, 0.25) is 5.13 Å². The lowest BCUT2D eigenvalue weighted by Gasteiger charge is -2.01. The Morgan fingerprint density at radius 3 is 2.79 bits per heavy atom. The molecule has 0 fully saturated rings. The van der Waals surface area contributed by atoms with Gasteiger partial charge in [0.15, 0.2) is 4.34 Å². The first-order valence-corrected chi connectivity index (χ1v) is 8.40. The summed E-state index contributed by atoms with van der Waals surface area (Å²) in [4.78, 5) is 0. The minimum absolute atomic E-state index is 0.741. The molecule has 2 rings (SSSR count). The summed E-state index contributed by atoms with van der Waals surface area (Å²) in [6.07, 6.45) is 2.44. The summed E-state index contributed by atoms with van der Waals surface area (Å²) in [6.45, 7) is 2.94. The molecule has 0 amide bonds. The largest absolute Gasteiger partial charge is 0.356 e. The molecule has 3 nitrogen and oxygen atoms in total. The van der Waals surface area contributed by atoms with Gasteiger partial charge >= 0.3 is 0 Å². The van der Waals surface area contributed by atoms with Crippen LogP contribution in [0.25, 0.3) is 0 Å². The second-order valence-corrected chi connectivity index (χ2v) is 6.81. The number of nitrogens with zero attached hydrogens (tertiary/aromatic N) is 2. The number of rotatable bonds is 7. The van der Waals surface area contributed by atoms with Crippen molar-refractivity contribution in [2.75, 3.05) is 11.1 Å². The van der Waals surface area contributed by atoms with Crippen LogP contribution in [0.5, 0.6) is 0 Å². The number of halogens is 1. The van der Waals surface area contributed by atoms with E-state index in [1.54, 1.807) is 23.1 Å². The highest BCUT2D eigenvalue weighted by Gasteiger charge is 2.04. The van der Waals surface area contributed by atoms with E-state index in [0.29, 0.717) is 0 Å². The van der Waals surface area contributed by atoms with Crippen LogP contribution in [-0.2, 0) is 6.54 Å². The predicted octanol–water partition coefficient (Wildman–Crippen LogP) is 4.70. The van der Waals surface area contributed by atoms with Gasteiger partial charge in [0.1, 0.15) is 0 Å². The zero-order valence-electron chi connectivity index (χ0n) is 10.7. The van der Waals surface area contributed by atoms with Crippen LogP contribution >= 0.6 is 34.7 Å². The maximum absolute atomic E-state index is 5.85. The molecule has 0 aliphatic heterocycles. The van der Waals surface area contributed by atoms with Crippen LogP contribution in [-0.4, -0.2) is 16.0 Å². The maximum atomic E-state index is 5.85. The van der Waals surface area contributed by atoms with Gasteiger partial charge in [0.05, 0.1) is 0 Å². The molecule has 0 aliphatic rings. The van der Waals surface area contributed by atoms with Crippen molar-refractivity contribution in [1.29, 1.82) is 0 Å². The molecule has 6 heteroatoms. The number of hydrogen-bond donors (Lipinski definition) is 1. The van der Waals surface area contributed by atoms with E-state index in [4.69, 9.17) is 11.6 Å². The van der Waals surface area contributed by atoms with Crippen molar-refractivity contribution >= 4 is 39.8 Å². The minimum atomic E-state index is 0.741. The summed E-state index contributed by atoms with van der Waals surface area (Å²) in [5.74, 6) is 1.11. The lowest BCUT2D eigenvalue weighted by molar-refractivity contribution is 0.894. The summed E-state index contributed by atoms with van der Waals surface area (Å²) in [5, 5.41) is 13.2. The Morgan fingerprint density at radius 2 is 2.05 bits per heavy atom. The van der Waals surface area contributed by atoms with Gasteiger partial charge < -0.3 is 5.32 Å². The predicted molar refractivity (Wildman–Crippen MR) is 84.3 cm³/mol. The van der Waals surface area contributed by atoms with Gasteiger partial charge in [0.25, 0.3) is 0 Å². The third-order valence-corrected chi connectivity index (χ3v) is 4.84. The average Bonchev–Trinajstić information content (AvgIpc) is 2.86. The fourth-order valence-electron chi connectivity index (χ4n) is 1.42. The van der Waals surface area contributed by atoms with Crippen LogP contribution in [0.1, 0.15) is 25.3 Å². The molecule has 1 N–H and O–H groups in total. The molecule has 0 aliphatic carbocycles. The van der Waals surface area contributed by atoms with E-state index in [-0.39, 0.29) is 0 Å². The Hall–Kier alpha value is -0.780. The summed E-state index contributed by atoms with van der Waals surface area (Å²) in [7, 11) is 0. The summed E-state index contributed by atoms with van der Waals surface area (Å²) >= 11 is 9.24. The Balaban J connectivity index is 1.81. The number of hydrogen-bond acceptors (Lipinski definition) is 5. The Labute approximate surface area is 126 Å². The molecule has 0 radical (unpaired) electrons. The molecule has 0 atom stereocenters. The van der Waals surface area contributed by atoms with E-state index in [9.17, 15) is 0 Å². The van der Waals surface area contributed by atoms with Crippen molar-refractivity contribution in [3.63, 3.8) is 0 Å².